The number of nitrogens with zero attached hydrogens (tertiary/aromatic N) is 3. The van der Waals surface area contributed by atoms with Gasteiger partial charge in [0, 0.05) is 13.0 Å². The smallest absolute Gasteiger partial charge is 0.109 e. The number of fused-ring (bicyclic) bond motifs is 1. The Morgan fingerprint density at radius 3 is 2.80 bits per heavy atom. The largest absolute Gasteiger partial charge is 0.328 e. The van der Waals surface area contributed by atoms with Crippen LogP contribution < -0.4 is 5.32 Å². The molecule has 4 nitrogen and oxygen atoms in total. The summed E-state index contributed by atoms with van der Waals surface area (Å²) in [6.07, 6.45) is 2.80. The first-order valence-electron chi connectivity index (χ1n) is 7.18. The quantitative estimate of drug-likeness (QED) is 0.878. The van der Waals surface area contributed by atoms with Crippen molar-refractivity contribution in [3.63, 3.8) is 0 Å². The van der Waals surface area contributed by atoms with Gasteiger partial charge in [-0.15, -0.1) is 0 Å². The fraction of sp³-hybridized carbons (Fsp3) is 0.500. The molecule has 0 aliphatic carbocycles. The van der Waals surface area contributed by atoms with Gasteiger partial charge in [0.1, 0.15) is 11.4 Å². The van der Waals surface area contributed by atoms with Crippen LogP contribution in [0.4, 0.5) is 0 Å². The third-order valence-corrected chi connectivity index (χ3v) is 3.84. The van der Waals surface area contributed by atoms with Crippen LogP contribution in [0.1, 0.15) is 32.5 Å². The van der Waals surface area contributed by atoms with Crippen LogP contribution in [0.2, 0.25) is 0 Å². The number of rotatable bonds is 6. The van der Waals surface area contributed by atoms with Crippen LogP contribution in [0, 0.1) is 11.3 Å². The molecule has 0 radical (unpaired) electrons. The molecule has 1 unspecified atom stereocenters. The molecule has 1 N–H and O–H groups in total. The molecule has 20 heavy (non-hydrogen) atoms. The first-order chi connectivity index (χ1) is 9.63. The van der Waals surface area contributed by atoms with Gasteiger partial charge in [-0.3, -0.25) is 0 Å². The summed E-state index contributed by atoms with van der Waals surface area (Å²) in [5, 5.41) is 12.4. The molecule has 0 bridgehead atoms. The Labute approximate surface area is 120 Å². The first-order valence-corrected chi connectivity index (χ1v) is 7.18. The molecule has 0 saturated carbocycles. The Hall–Kier alpha value is -1.86. The summed E-state index contributed by atoms with van der Waals surface area (Å²) in [7, 11) is 1.84. The van der Waals surface area contributed by atoms with E-state index in [1.807, 2.05) is 32.2 Å². The highest BCUT2D eigenvalue weighted by molar-refractivity contribution is 5.75. The molecule has 0 spiro atoms. The number of para-hydroxylation sites is 2. The normalized spacial score (nSPS) is 14.1. The van der Waals surface area contributed by atoms with Crippen molar-refractivity contribution in [1.82, 2.24) is 14.9 Å². The molecule has 0 saturated heterocycles. The van der Waals surface area contributed by atoms with E-state index in [2.05, 4.69) is 28.9 Å². The van der Waals surface area contributed by atoms with Gasteiger partial charge in [-0.05, 0) is 38.9 Å². The van der Waals surface area contributed by atoms with Gasteiger partial charge in [0.2, 0.25) is 0 Å². The molecule has 2 rings (SSSR count). The molecule has 106 valence electrons. The van der Waals surface area contributed by atoms with Gasteiger partial charge in [-0.25, -0.2) is 4.98 Å². The summed E-state index contributed by atoms with van der Waals surface area (Å²) in [5.41, 5.74) is 1.71. The summed E-state index contributed by atoms with van der Waals surface area (Å²) in [6.45, 7) is 4.91. The minimum Gasteiger partial charge on any atom is -0.328 e. The summed E-state index contributed by atoms with van der Waals surface area (Å²) < 4.78 is 2.26. The second kappa shape index (κ2) is 6.06. The van der Waals surface area contributed by atoms with Crippen molar-refractivity contribution in [2.45, 2.75) is 45.2 Å². The van der Waals surface area contributed by atoms with E-state index < -0.39 is 5.54 Å². The zero-order chi connectivity index (χ0) is 14.6. The topological polar surface area (TPSA) is 53.6 Å². The molecule has 1 aromatic heterocycles. The monoisotopic (exact) mass is 270 g/mol. The maximum absolute atomic E-state index is 9.26. The third kappa shape index (κ3) is 2.83. The lowest BCUT2D eigenvalue weighted by molar-refractivity contribution is 0.420. The molecule has 1 heterocycles. The fourth-order valence-electron chi connectivity index (χ4n) is 2.36. The highest BCUT2D eigenvalue weighted by Gasteiger charge is 2.22. The zero-order valence-electron chi connectivity index (χ0n) is 12.5. The molecule has 0 aliphatic rings. The second-order valence-corrected chi connectivity index (χ2v) is 5.36. The number of aromatic nitrogens is 2. The van der Waals surface area contributed by atoms with E-state index in [0.29, 0.717) is 0 Å². The average Bonchev–Trinajstić information content (AvgIpc) is 2.83. The lowest BCUT2D eigenvalue weighted by atomic mass is 10.0. The Bertz CT molecular complexity index is 623. The predicted molar refractivity (Wildman–Crippen MR) is 81.4 cm³/mol. The predicted octanol–water partition coefficient (Wildman–Crippen LogP) is 2.88. The van der Waals surface area contributed by atoms with Crippen molar-refractivity contribution in [1.29, 1.82) is 5.26 Å². The SMILES string of the molecule is CCCc1nc2ccccc2n1CCC(C)(C#N)NC. The van der Waals surface area contributed by atoms with Crippen molar-refractivity contribution in [3.05, 3.63) is 30.1 Å². The third-order valence-electron chi connectivity index (χ3n) is 3.84. The molecular weight excluding hydrogens is 248 g/mol. The van der Waals surface area contributed by atoms with Gasteiger partial charge in [-0.2, -0.15) is 5.26 Å². The van der Waals surface area contributed by atoms with E-state index in [9.17, 15) is 5.26 Å². The van der Waals surface area contributed by atoms with Crippen LogP contribution in [0.25, 0.3) is 11.0 Å². The standard InChI is InChI=1S/C16H22N4/c1-4-7-15-19-13-8-5-6-9-14(13)20(15)11-10-16(2,12-17)18-3/h5-6,8-9,18H,4,7,10-11H2,1-3H3. The number of hydrogen-bond acceptors (Lipinski definition) is 3. The van der Waals surface area contributed by atoms with E-state index in [1.165, 1.54) is 0 Å². The molecule has 0 fully saturated rings. The van der Waals surface area contributed by atoms with Crippen LogP contribution in [0.15, 0.2) is 24.3 Å². The van der Waals surface area contributed by atoms with Gasteiger partial charge in [-0.1, -0.05) is 19.1 Å². The Morgan fingerprint density at radius 2 is 2.15 bits per heavy atom. The summed E-state index contributed by atoms with van der Waals surface area (Å²) >= 11 is 0. The van der Waals surface area contributed by atoms with E-state index in [4.69, 9.17) is 4.98 Å². The minimum absolute atomic E-state index is 0.491. The van der Waals surface area contributed by atoms with Crippen LogP contribution in [0.5, 0.6) is 0 Å². The Morgan fingerprint density at radius 1 is 1.40 bits per heavy atom. The maximum Gasteiger partial charge on any atom is 0.109 e. The van der Waals surface area contributed by atoms with E-state index in [-0.39, 0.29) is 0 Å². The van der Waals surface area contributed by atoms with E-state index in [0.717, 1.165) is 42.7 Å². The highest BCUT2D eigenvalue weighted by atomic mass is 15.1. The van der Waals surface area contributed by atoms with Crippen molar-refractivity contribution >= 4 is 11.0 Å². The van der Waals surface area contributed by atoms with E-state index >= 15 is 0 Å². The molecule has 0 amide bonds. The zero-order valence-corrected chi connectivity index (χ0v) is 12.5. The number of aryl methyl sites for hydroxylation is 2. The lowest BCUT2D eigenvalue weighted by Crippen LogP contribution is -2.39. The lowest BCUT2D eigenvalue weighted by Gasteiger charge is -2.21. The van der Waals surface area contributed by atoms with Gasteiger partial charge >= 0.3 is 0 Å². The fourth-order valence-corrected chi connectivity index (χ4v) is 2.36. The van der Waals surface area contributed by atoms with Crippen molar-refractivity contribution < 1.29 is 0 Å². The first kappa shape index (κ1) is 14.5. The molecular formula is C16H22N4. The van der Waals surface area contributed by atoms with E-state index in [1.54, 1.807) is 0 Å². The highest BCUT2D eigenvalue weighted by Crippen LogP contribution is 2.19. The van der Waals surface area contributed by atoms with Crippen molar-refractivity contribution in [2.24, 2.45) is 0 Å². The molecule has 0 aliphatic heterocycles. The summed E-state index contributed by atoms with van der Waals surface area (Å²) in [4.78, 5) is 4.71. The summed E-state index contributed by atoms with van der Waals surface area (Å²) in [6, 6.07) is 10.6. The average molecular weight is 270 g/mol. The van der Waals surface area contributed by atoms with Gasteiger partial charge < -0.3 is 9.88 Å². The Balaban J connectivity index is 2.32. The van der Waals surface area contributed by atoms with Crippen molar-refractivity contribution in [2.75, 3.05) is 7.05 Å². The summed E-state index contributed by atoms with van der Waals surface area (Å²) in [5.74, 6) is 1.12. The molecule has 1 aromatic carbocycles. The number of imidazole rings is 1. The van der Waals surface area contributed by atoms with Gasteiger partial charge in [0.05, 0.1) is 17.1 Å². The maximum atomic E-state index is 9.26. The van der Waals surface area contributed by atoms with Crippen LogP contribution in [-0.4, -0.2) is 22.1 Å². The molecule has 2 aromatic rings. The van der Waals surface area contributed by atoms with Gasteiger partial charge in [0.15, 0.2) is 0 Å². The van der Waals surface area contributed by atoms with Gasteiger partial charge in [0.25, 0.3) is 0 Å². The van der Waals surface area contributed by atoms with Crippen LogP contribution >= 0.6 is 0 Å². The number of hydrogen-bond donors (Lipinski definition) is 1. The van der Waals surface area contributed by atoms with Crippen LogP contribution in [-0.2, 0) is 13.0 Å². The molecule has 4 heteroatoms. The molecule has 1 atom stereocenters. The van der Waals surface area contributed by atoms with Crippen LogP contribution in [0.3, 0.4) is 0 Å². The Kier molecular flexibility index (Phi) is 4.41. The van der Waals surface area contributed by atoms with Crippen molar-refractivity contribution in [3.8, 4) is 6.07 Å². The second-order valence-electron chi connectivity index (χ2n) is 5.36. The number of benzene rings is 1. The minimum atomic E-state index is -0.491. The number of nitrogens with one attached hydrogen (secondary N) is 1. The number of nitriles is 1.